The van der Waals surface area contributed by atoms with Crippen LogP contribution in [0.25, 0.3) is 5.69 Å². The number of halogens is 1. The van der Waals surface area contributed by atoms with Crippen molar-refractivity contribution < 1.29 is 23.8 Å². The van der Waals surface area contributed by atoms with Gasteiger partial charge in [0, 0.05) is 17.8 Å². The fraction of sp³-hybridized carbons (Fsp3) is 0.421. The van der Waals surface area contributed by atoms with Crippen molar-refractivity contribution in [3.63, 3.8) is 0 Å². The summed E-state index contributed by atoms with van der Waals surface area (Å²) in [5.74, 6) is -3.18. The van der Waals surface area contributed by atoms with Gasteiger partial charge in [-0.25, -0.2) is 9.07 Å². The van der Waals surface area contributed by atoms with Crippen LogP contribution in [0.2, 0.25) is 0 Å². The van der Waals surface area contributed by atoms with E-state index < -0.39 is 29.7 Å². The van der Waals surface area contributed by atoms with Gasteiger partial charge in [-0.3, -0.25) is 9.59 Å². The van der Waals surface area contributed by atoms with Gasteiger partial charge in [0.1, 0.15) is 17.4 Å². The highest BCUT2D eigenvalue weighted by molar-refractivity contribution is 5.96. The van der Waals surface area contributed by atoms with Crippen LogP contribution in [0.15, 0.2) is 24.3 Å². The quantitative estimate of drug-likeness (QED) is 0.829. The third-order valence-electron chi connectivity index (χ3n) is 4.91. The van der Waals surface area contributed by atoms with Crippen LogP contribution >= 0.6 is 0 Å². The molecule has 8 heteroatoms. The largest absolute Gasteiger partial charge is 0.481 e. The van der Waals surface area contributed by atoms with E-state index in [4.69, 9.17) is 4.74 Å². The molecule has 1 aliphatic heterocycles. The van der Waals surface area contributed by atoms with E-state index in [0.29, 0.717) is 30.2 Å². The second kappa shape index (κ2) is 7.48. The van der Waals surface area contributed by atoms with Gasteiger partial charge in [-0.15, -0.1) is 0 Å². The Morgan fingerprint density at radius 3 is 2.70 bits per heavy atom. The minimum absolute atomic E-state index is 0.239. The predicted octanol–water partition coefficient (Wildman–Crippen LogP) is 2.25. The fourth-order valence-electron chi connectivity index (χ4n) is 3.46. The monoisotopic (exact) mass is 375 g/mol. The van der Waals surface area contributed by atoms with Crippen LogP contribution in [0.5, 0.6) is 0 Å². The Morgan fingerprint density at radius 1 is 1.33 bits per heavy atom. The SMILES string of the molecule is Cc1nn(-c2ccccc2F)c(C)c1C1COCCN1C(=O)C(C)C(=O)O. The number of morpholine rings is 1. The zero-order chi connectivity index (χ0) is 19.7. The average Bonchev–Trinajstić information content (AvgIpc) is 2.94. The number of hydrogen-bond acceptors (Lipinski definition) is 4. The zero-order valence-electron chi connectivity index (χ0n) is 15.5. The Balaban J connectivity index is 2.03. The molecule has 0 spiro atoms. The van der Waals surface area contributed by atoms with Crippen LogP contribution in [0.4, 0.5) is 4.39 Å². The molecule has 2 unspecified atom stereocenters. The smallest absolute Gasteiger partial charge is 0.315 e. The number of ether oxygens (including phenoxy) is 1. The molecule has 1 amide bonds. The van der Waals surface area contributed by atoms with Crippen molar-refractivity contribution in [3.8, 4) is 5.69 Å². The molecule has 0 radical (unpaired) electrons. The lowest BCUT2D eigenvalue weighted by Crippen LogP contribution is -2.47. The number of rotatable bonds is 4. The van der Waals surface area contributed by atoms with Gasteiger partial charge in [0.05, 0.1) is 24.9 Å². The van der Waals surface area contributed by atoms with Crippen molar-refractivity contribution in [1.29, 1.82) is 0 Å². The van der Waals surface area contributed by atoms with E-state index in [1.807, 2.05) is 0 Å². The van der Waals surface area contributed by atoms with Gasteiger partial charge in [-0.1, -0.05) is 12.1 Å². The van der Waals surface area contributed by atoms with Crippen LogP contribution in [-0.2, 0) is 14.3 Å². The molecule has 1 aromatic carbocycles. The number of carboxylic acid groups (broad SMARTS) is 1. The molecule has 1 fully saturated rings. The molecule has 1 N–H and O–H groups in total. The lowest BCUT2D eigenvalue weighted by atomic mass is 10.0. The van der Waals surface area contributed by atoms with E-state index in [1.165, 1.54) is 22.6 Å². The zero-order valence-corrected chi connectivity index (χ0v) is 15.5. The number of hydrogen-bond donors (Lipinski definition) is 1. The van der Waals surface area contributed by atoms with Crippen LogP contribution in [-0.4, -0.2) is 51.4 Å². The second-order valence-corrected chi connectivity index (χ2v) is 6.63. The van der Waals surface area contributed by atoms with E-state index in [-0.39, 0.29) is 6.61 Å². The number of carbonyl (C=O) groups is 2. The van der Waals surface area contributed by atoms with Gasteiger partial charge < -0.3 is 14.7 Å². The minimum Gasteiger partial charge on any atom is -0.481 e. The Morgan fingerprint density at radius 2 is 2.04 bits per heavy atom. The summed E-state index contributed by atoms with van der Waals surface area (Å²) < 4.78 is 21.3. The first-order valence-electron chi connectivity index (χ1n) is 8.75. The van der Waals surface area contributed by atoms with Crippen molar-refractivity contribution in [2.45, 2.75) is 26.8 Å². The third-order valence-corrected chi connectivity index (χ3v) is 4.91. The first kappa shape index (κ1) is 19.0. The lowest BCUT2D eigenvalue weighted by molar-refractivity contribution is -0.155. The summed E-state index contributed by atoms with van der Waals surface area (Å²) in [5, 5.41) is 13.7. The molecule has 0 saturated carbocycles. The Kier molecular flexibility index (Phi) is 5.27. The highest BCUT2D eigenvalue weighted by atomic mass is 19.1. The summed E-state index contributed by atoms with van der Waals surface area (Å²) in [5.41, 5.74) is 2.41. The van der Waals surface area contributed by atoms with Crippen molar-refractivity contribution in [2.24, 2.45) is 5.92 Å². The van der Waals surface area contributed by atoms with Crippen molar-refractivity contribution in [1.82, 2.24) is 14.7 Å². The molecule has 0 bridgehead atoms. The molecular weight excluding hydrogens is 353 g/mol. The highest BCUT2D eigenvalue weighted by Gasteiger charge is 2.36. The number of para-hydroxylation sites is 1. The lowest BCUT2D eigenvalue weighted by Gasteiger charge is -2.37. The molecule has 0 aliphatic carbocycles. The first-order chi connectivity index (χ1) is 12.8. The molecular formula is C19H22FN3O4. The molecule has 1 aliphatic rings. The summed E-state index contributed by atoms with van der Waals surface area (Å²) in [6, 6.07) is 5.86. The van der Waals surface area contributed by atoms with Crippen LogP contribution in [0.1, 0.15) is 29.9 Å². The number of aromatic nitrogens is 2. The van der Waals surface area contributed by atoms with E-state index in [9.17, 15) is 19.1 Å². The molecule has 2 atom stereocenters. The van der Waals surface area contributed by atoms with Gasteiger partial charge in [0.2, 0.25) is 5.91 Å². The number of benzene rings is 1. The average molecular weight is 375 g/mol. The standard InChI is InChI=1S/C19H22FN3O4/c1-11(19(25)26)18(24)22-8-9-27-10-16(22)17-12(2)21-23(13(17)3)15-7-5-4-6-14(15)20/h4-7,11,16H,8-10H2,1-3H3,(H,25,26). The van der Waals surface area contributed by atoms with Gasteiger partial charge in [0.25, 0.3) is 0 Å². The topological polar surface area (TPSA) is 84.7 Å². The van der Waals surface area contributed by atoms with Gasteiger partial charge in [0.15, 0.2) is 0 Å². The maximum Gasteiger partial charge on any atom is 0.315 e. The summed E-state index contributed by atoms with van der Waals surface area (Å²) in [6.07, 6.45) is 0. The molecule has 2 aromatic rings. The van der Waals surface area contributed by atoms with E-state index in [1.54, 1.807) is 32.0 Å². The van der Waals surface area contributed by atoms with Gasteiger partial charge in [-0.05, 0) is 32.9 Å². The summed E-state index contributed by atoms with van der Waals surface area (Å²) in [4.78, 5) is 25.5. The molecule has 2 heterocycles. The summed E-state index contributed by atoms with van der Waals surface area (Å²) in [6.45, 7) is 5.85. The number of carbonyl (C=O) groups excluding carboxylic acids is 1. The van der Waals surface area contributed by atoms with Crippen LogP contribution in [0.3, 0.4) is 0 Å². The van der Waals surface area contributed by atoms with Crippen LogP contribution in [0, 0.1) is 25.6 Å². The number of aryl methyl sites for hydroxylation is 1. The van der Waals surface area contributed by atoms with Crippen molar-refractivity contribution in [2.75, 3.05) is 19.8 Å². The summed E-state index contributed by atoms with van der Waals surface area (Å²) >= 11 is 0. The third kappa shape index (κ3) is 3.44. The Hall–Kier alpha value is -2.74. The predicted molar refractivity (Wildman–Crippen MR) is 95.1 cm³/mol. The van der Waals surface area contributed by atoms with E-state index in [2.05, 4.69) is 5.10 Å². The minimum atomic E-state index is -1.17. The second-order valence-electron chi connectivity index (χ2n) is 6.63. The highest BCUT2D eigenvalue weighted by Crippen LogP contribution is 2.32. The maximum absolute atomic E-state index is 14.2. The molecule has 3 rings (SSSR count). The molecule has 1 aromatic heterocycles. The normalized spacial score (nSPS) is 18.4. The number of carboxylic acids is 1. The number of aliphatic carboxylic acids is 1. The van der Waals surface area contributed by atoms with E-state index in [0.717, 1.165) is 5.56 Å². The molecule has 27 heavy (non-hydrogen) atoms. The fourth-order valence-corrected chi connectivity index (χ4v) is 3.46. The maximum atomic E-state index is 14.2. The number of nitrogens with zero attached hydrogens (tertiary/aromatic N) is 3. The molecule has 144 valence electrons. The number of amides is 1. The Labute approximate surface area is 156 Å². The Bertz CT molecular complexity index is 880. The first-order valence-corrected chi connectivity index (χ1v) is 8.75. The van der Waals surface area contributed by atoms with Crippen LogP contribution < -0.4 is 0 Å². The molecule has 7 nitrogen and oxygen atoms in total. The van der Waals surface area contributed by atoms with E-state index >= 15 is 0 Å². The van der Waals surface area contributed by atoms with Crippen molar-refractivity contribution in [3.05, 3.63) is 47.0 Å². The van der Waals surface area contributed by atoms with Gasteiger partial charge in [-0.2, -0.15) is 5.10 Å². The summed E-state index contributed by atoms with van der Waals surface area (Å²) in [7, 11) is 0. The van der Waals surface area contributed by atoms with Crippen molar-refractivity contribution >= 4 is 11.9 Å². The van der Waals surface area contributed by atoms with Gasteiger partial charge >= 0.3 is 5.97 Å². The molecule has 1 saturated heterocycles.